The van der Waals surface area contributed by atoms with E-state index in [1.165, 1.54) is 0 Å². The summed E-state index contributed by atoms with van der Waals surface area (Å²) in [5.74, 6) is 0.457. The molecular weight excluding hydrogens is 243 g/mol. The first-order valence-electron chi connectivity index (χ1n) is 3.43. The molecule has 58 valence electrons. The number of hydrogen-bond donors (Lipinski definition) is 0. The van der Waals surface area contributed by atoms with E-state index >= 15 is 0 Å². The first-order chi connectivity index (χ1) is 4.66. The quantitative estimate of drug-likeness (QED) is 0.404. The van der Waals surface area contributed by atoms with E-state index < -0.39 is 0 Å². The van der Waals surface area contributed by atoms with Gasteiger partial charge in [0.25, 0.3) is 0 Å². The van der Waals surface area contributed by atoms with Crippen LogP contribution in [-0.4, -0.2) is 16.5 Å². The van der Waals surface area contributed by atoms with Crippen LogP contribution in [0.2, 0.25) is 0 Å². The fraction of sp³-hybridized carbons (Fsp3) is 0.857. The second-order valence-corrected chi connectivity index (χ2v) is 3.66. The van der Waals surface area contributed by atoms with Gasteiger partial charge in [-0.3, -0.25) is 4.79 Å². The average molecular weight is 254 g/mol. The molecule has 1 saturated heterocycles. The average Bonchev–Trinajstić information content (AvgIpc) is 2.17. The summed E-state index contributed by atoms with van der Waals surface area (Å²) < 4.78 is 6.00. The molecular formula is C7H11IO2. The van der Waals surface area contributed by atoms with Crippen molar-refractivity contribution in [2.24, 2.45) is 11.8 Å². The van der Waals surface area contributed by atoms with E-state index in [1.807, 2.05) is 6.92 Å². The summed E-state index contributed by atoms with van der Waals surface area (Å²) in [6.45, 7) is 4.00. The largest absolute Gasteiger partial charge is 0.461 e. The lowest BCUT2D eigenvalue weighted by Crippen LogP contribution is -2.16. The summed E-state index contributed by atoms with van der Waals surface area (Å²) in [5, 5.41) is 0. The fourth-order valence-corrected chi connectivity index (χ4v) is 2.05. The molecule has 0 aromatic carbocycles. The maximum Gasteiger partial charge on any atom is 0.309 e. The first-order valence-corrected chi connectivity index (χ1v) is 4.96. The van der Waals surface area contributed by atoms with Gasteiger partial charge in [0.05, 0.1) is 5.92 Å². The Morgan fingerprint density at radius 3 is 2.40 bits per heavy atom. The maximum absolute atomic E-state index is 10.9. The van der Waals surface area contributed by atoms with Gasteiger partial charge in [-0.1, -0.05) is 36.4 Å². The van der Waals surface area contributed by atoms with Gasteiger partial charge >= 0.3 is 5.97 Å². The Morgan fingerprint density at radius 1 is 1.60 bits per heavy atom. The zero-order valence-electron chi connectivity index (χ0n) is 6.13. The van der Waals surface area contributed by atoms with Crippen LogP contribution in [0.5, 0.6) is 0 Å². The van der Waals surface area contributed by atoms with Crippen LogP contribution in [0.25, 0.3) is 0 Å². The minimum atomic E-state index is -0.0332. The highest BCUT2D eigenvalue weighted by atomic mass is 127. The van der Waals surface area contributed by atoms with Gasteiger partial charge in [0.2, 0.25) is 0 Å². The van der Waals surface area contributed by atoms with Gasteiger partial charge in [0.1, 0.15) is 6.10 Å². The summed E-state index contributed by atoms with van der Waals surface area (Å²) in [7, 11) is 0. The second-order valence-electron chi connectivity index (χ2n) is 2.78. The monoisotopic (exact) mass is 254 g/mol. The number of alkyl halides is 1. The fourth-order valence-electron chi connectivity index (χ4n) is 1.07. The molecule has 0 radical (unpaired) electrons. The molecule has 0 aliphatic carbocycles. The minimum Gasteiger partial charge on any atom is -0.461 e. The number of esters is 1. The molecule has 0 saturated carbocycles. The van der Waals surface area contributed by atoms with Gasteiger partial charge in [-0.2, -0.15) is 0 Å². The van der Waals surface area contributed by atoms with Gasteiger partial charge < -0.3 is 4.74 Å². The van der Waals surface area contributed by atoms with Crippen LogP contribution < -0.4 is 0 Å². The lowest BCUT2D eigenvalue weighted by molar-refractivity contribution is -0.143. The summed E-state index contributed by atoms with van der Waals surface area (Å²) in [4.78, 5) is 10.9. The van der Waals surface area contributed by atoms with Gasteiger partial charge in [-0.05, 0) is 0 Å². The van der Waals surface area contributed by atoms with Gasteiger partial charge in [-0.15, -0.1) is 0 Å². The van der Waals surface area contributed by atoms with Crippen molar-refractivity contribution in [3.8, 4) is 0 Å². The van der Waals surface area contributed by atoms with Crippen molar-refractivity contribution < 1.29 is 9.53 Å². The van der Waals surface area contributed by atoms with Crippen molar-refractivity contribution in [3.05, 3.63) is 0 Å². The Morgan fingerprint density at radius 2 is 2.20 bits per heavy atom. The molecule has 0 aromatic heterocycles. The van der Waals surface area contributed by atoms with Gasteiger partial charge in [0.15, 0.2) is 0 Å². The topological polar surface area (TPSA) is 26.3 Å². The van der Waals surface area contributed by atoms with Crippen LogP contribution in [0.15, 0.2) is 0 Å². The highest BCUT2D eigenvalue weighted by Crippen LogP contribution is 2.28. The van der Waals surface area contributed by atoms with Crippen LogP contribution in [0.3, 0.4) is 0 Å². The van der Waals surface area contributed by atoms with E-state index in [0.717, 1.165) is 4.43 Å². The van der Waals surface area contributed by atoms with E-state index in [0.29, 0.717) is 5.92 Å². The molecule has 0 unspecified atom stereocenters. The van der Waals surface area contributed by atoms with E-state index in [1.54, 1.807) is 0 Å². The Hall–Kier alpha value is 0.200. The number of cyclic esters (lactones) is 1. The molecule has 0 bridgehead atoms. The molecule has 3 atom stereocenters. The molecule has 1 heterocycles. The van der Waals surface area contributed by atoms with E-state index in [9.17, 15) is 4.79 Å². The molecule has 0 aromatic rings. The van der Waals surface area contributed by atoms with E-state index in [-0.39, 0.29) is 18.0 Å². The summed E-state index contributed by atoms with van der Waals surface area (Å²) in [6, 6.07) is 0. The van der Waals surface area contributed by atoms with Gasteiger partial charge in [-0.25, -0.2) is 0 Å². The van der Waals surface area contributed by atoms with Crippen molar-refractivity contribution >= 4 is 28.6 Å². The van der Waals surface area contributed by atoms with Crippen molar-refractivity contribution in [3.63, 3.8) is 0 Å². The molecule has 1 rings (SSSR count). The first kappa shape index (κ1) is 8.30. The third kappa shape index (κ3) is 1.28. The van der Waals surface area contributed by atoms with E-state index in [2.05, 4.69) is 29.5 Å². The number of halogens is 1. The normalized spacial score (nSPS) is 39.9. The third-order valence-corrected chi connectivity index (χ3v) is 3.03. The highest BCUT2D eigenvalue weighted by Gasteiger charge is 2.37. The number of carbonyl (C=O) groups excluding carboxylic acids is 1. The maximum atomic E-state index is 10.9. The summed E-state index contributed by atoms with van der Waals surface area (Å²) in [6.07, 6.45) is 0.156. The number of carbonyl (C=O) groups is 1. The molecule has 0 spiro atoms. The van der Waals surface area contributed by atoms with Crippen molar-refractivity contribution in [2.75, 3.05) is 4.43 Å². The van der Waals surface area contributed by atoms with Gasteiger partial charge in [0, 0.05) is 10.3 Å². The number of hydrogen-bond acceptors (Lipinski definition) is 2. The van der Waals surface area contributed by atoms with Crippen molar-refractivity contribution in [1.82, 2.24) is 0 Å². The summed E-state index contributed by atoms with van der Waals surface area (Å²) in [5.41, 5.74) is 0. The zero-order chi connectivity index (χ0) is 7.72. The van der Waals surface area contributed by atoms with Crippen LogP contribution in [0, 0.1) is 11.8 Å². The highest BCUT2D eigenvalue weighted by molar-refractivity contribution is 14.1. The molecule has 3 heteroatoms. The predicted octanol–water partition coefficient (Wildman–Crippen LogP) is 1.62. The molecule has 1 aliphatic heterocycles. The Balaban J connectivity index is 2.61. The molecule has 1 aliphatic rings. The Bertz CT molecular complexity index is 147. The Kier molecular flexibility index (Phi) is 2.55. The smallest absolute Gasteiger partial charge is 0.309 e. The minimum absolute atomic E-state index is 0.0332. The van der Waals surface area contributed by atoms with Crippen molar-refractivity contribution in [1.29, 1.82) is 0 Å². The zero-order valence-corrected chi connectivity index (χ0v) is 8.29. The summed E-state index contributed by atoms with van der Waals surface area (Å²) >= 11 is 2.25. The van der Waals surface area contributed by atoms with Crippen molar-refractivity contribution in [2.45, 2.75) is 20.0 Å². The second kappa shape index (κ2) is 3.07. The molecule has 0 amide bonds. The van der Waals surface area contributed by atoms with E-state index in [4.69, 9.17) is 4.74 Å². The SMILES string of the molecule is C[C@H]1[C@@H](CI)OC(=O)[C@@H]1C. The lowest BCUT2D eigenvalue weighted by Gasteiger charge is -2.10. The molecule has 2 nitrogen and oxygen atoms in total. The number of ether oxygens (including phenoxy) is 1. The molecule has 10 heavy (non-hydrogen) atoms. The van der Waals surface area contributed by atoms with Crippen LogP contribution in [0.4, 0.5) is 0 Å². The Labute approximate surface area is 74.5 Å². The predicted molar refractivity (Wildman–Crippen MR) is 47.1 cm³/mol. The standard InChI is InChI=1S/C7H11IO2/c1-4-5(2)7(9)10-6(4)3-8/h4-6H,3H2,1-2H3/t4-,5-,6-/m1/s1. The third-order valence-electron chi connectivity index (χ3n) is 2.17. The molecule has 0 N–H and O–H groups in total. The van der Waals surface area contributed by atoms with Crippen LogP contribution >= 0.6 is 22.6 Å². The van der Waals surface area contributed by atoms with Crippen LogP contribution in [0.1, 0.15) is 13.8 Å². The molecule has 1 fully saturated rings. The number of rotatable bonds is 1. The van der Waals surface area contributed by atoms with Crippen LogP contribution in [-0.2, 0) is 9.53 Å². The lowest BCUT2D eigenvalue weighted by atomic mass is 9.95.